The monoisotopic (exact) mass is 650 g/mol. The standard InChI is InChI=1S/C49H34N2/c1-3-14-35(15-4-1)37-28-30-42(31-29-37)51(43-22-12-19-39(33-43)36-16-5-2-6-17-36)44-23-13-20-40(34-44)38-18-11-21-41(32-38)49-47-26-8-7-24-45(47)46-25-9-10-27-48(46)50-49/h1-34H. The van der Waals surface area contributed by atoms with Gasteiger partial charge in [-0.1, -0.05) is 158 Å². The van der Waals surface area contributed by atoms with Crippen molar-refractivity contribution < 1.29 is 0 Å². The first-order valence-corrected chi connectivity index (χ1v) is 17.4. The molecule has 8 aromatic carbocycles. The van der Waals surface area contributed by atoms with Crippen LogP contribution in [0.15, 0.2) is 206 Å². The van der Waals surface area contributed by atoms with E-state index in [0.29, 0.717) is 0 Å². The largest absolute Gasteiger partial charge is 0.310 e. The quantitative estimate of drug-likeness (QED) is 0.160. The van der Waals surface area contributed by atoms with E-state index in [1.165, 1.54) is 33.0 Å². The molecule has 0 fully saturated rings. The molecule has 0 saturated carbocycles. The molecule has 0 amide bonds. The van der Waals surface area contributed by atoms with E-state index in [9.17, 15) is 0 Å². The Morgan fingerprint density at radius 3 is 1.39 bits per heavy atom. The van der Waals surface area contributed by atoms with Crippen LogP contribution in [0.4, 0.5) is 17.1 Å². The van der Waals surface area contributed by atoms with E-state index in [1.807, 2.05) is 0 Å². The summed E-state index contributed by atoms with van der Waals surface area (Å²) in [4.78, 5) is 7.54. The maximum Gasteiger partial charge on any atom is 0.0788 e. The van der Waals surface area contributed by atoms with Gasteiger partial charge >= 0.3 is 0 Å². The number of pyridine rings is 1. The fourth-order valence-electron chi connectivity index (χ4n) is 7.13. The summed E-state index contributed by atoms with van der Waals surface area (Å²) >= 11 is 0. The predicted molar refractivity (Wildman–Crippen MR) is 216 cm³/mol. The molecule has 0 aliphatic rings. The van der Waals surface area contributed by atoms with Gasteiger partial charge in [-0.05, 0) is 87.3 Å². The Bertz CT molecular complexity index is 2630. The summed E-state index contributed by atoms with van der Waals surface area (Å²) in [6, 6.07) is 73.5. The van der Waals surface area contributed by atoms with Gasteiger partial charge in [0.1, 0.15) is 0 Å². The van der Waals surface area contributed by atoms with E-state index < -0.39 is 0 Å². The molecule has 0 atom stereocenters. The maximum absolute atomic E-state index is 5.19. The fraction of sp³-hybridized carbons (Fsp3) is 0. The van der Waals surface area contributed by atoms with Gasteiger partial charge in [-0.2, -0.15) is 0 Å². The minimum Gasteiger partial charge on any atom is -0.310 e. The Morgan fingerprint density at radius 1 is 0.275 bits per heavy atom. The number of aromatic nitrogens is 1. The van der Waals surface area contributed by atoms with Crippen LogP contribution >= 0.6 is 0 Å². The Morgan fingerprint density at radius 2 is 0.725 bits per heavy atom. The van der Waals surface area contributed by atoms with Crippen molar-refractivity contribution in [3.63, 3.8) is 0 Å². The highest BCUT2D eigenvalue weighted by Gasteiger charge is 2.16. The summed E-state index contributed by atoms with van der Waals surface area (Å²) in [5, 5.41) is 3.55. The summed E-state index contributed by atoms with van der Waals surface area (Å²) in [6.45, 7) is 0. The third kappa shape index (κ3) is 5.94. The van der Waals surface area contributed by atoms with E-state index in [1.54, 1.807) is 0 Å². The van der Waals surface area contributed by atoms with Gasteiger partial charge in [-0.25, -0.2) is 4.98 Å². The van der Waals surface area contributed by atoms with E-state index in [4.69, 9.17) is 4.98 Å². The van der Waals surface area contributed by atoms with Crippen LogP contribution in [-0.4, -0.2) is 4.98 Å². The normalized spacial score (nSPS) is 11.1. The van der Waals surface area contributed by atoms with Crippen molar-refractivity contribution in [2.75, 3.05) is 4.90 Å². The second kappa shape index (κ2) is 13.3. The van der Waals surface area contributed by atoms with E-state index in [0.717, 1.165) is 50.3 Å². The van der Waals surface area contributed by atoms with Gasteiger partial charge in [0.2, 0.25) is 0 Å². The highest BCUT2D eigenvalue weighted by atomic mass is 15.1. The molecule has 9 rings (SSSR count). The summed E-state index contributed by atoms with van der Waals surface area (Å²) in [5.41, 5.74) is 13.4. The van der Waals surface area contributed by atoms with Crippen molar-refractivity contribution in [1.29, 1.82) is 0 Å². The van der Waals surface area contributed by atoms with Crippen LogP contribution in [0.5, 0.6) is 0 Å². The van der Waals surface area contributed by atoms with Gasteiger partial charge in [-0.15, -0.1) is 0 Å². The lowest BCUT2D eigenvalue weighted by Gasteiger charge is -2.27. The fourth-order valence-corrected chi connectivity index (χ4v) is 7.13. The molecule has 1 aromatic heterocycles. The number of benzene rings is 8. The number of nitrogens with zero attached hydrogens (tertiary/aromatic N) is 2. The molecule has 0 saturated heterocycles. The lowest BCUT2D eigenvalue weighted by molar-refractivity contribution is 1.28. The molecule has 0 aliphatic heterocycles. The molecule has 0 spiro atoms. The molecular formula is C49H34N2. The number of para-hydroxylation sites is 1. The van der Waals surface area contributed by atoms with Crippen molar-refractivity contribution in [2.24, 2.45) is 0 Å². The van der Waals surface area contributed by atoms with Gasteiger partial charge in [0, 0.05) is 33.4 Å². The minimum absolute atomic E-state index is 1.00. The van der Waals surface area contributed by atoms with Crippen molar-refractivity contribution in [2.45, 2.75) is 0 Å². The maximum atomic E-state index is 5.19. The highest BCUT2D eigenvalue weighted by Crippen LogP contribution is 2.40. The van der Waals surface area contributed by atoms with Crippen LogP contribution in [0.2, 0.25) is 0 Å². The first-order valence-electron chi connectivity index (χ1n) is 17.4. The zero-order valence-corrected chi connectivity index (χ0v) is 28.0. The van der Waals surface area contributed by atoms with Crippen LogP contribution < -0.4 is 4.90 Å². The smallest absolute Gasteiger partial charge is 0.0788 e. The third-order valence-corrected chi connectivity index (χ3v) is 9.63. The number of hydrogen-bond acceptors (Lipinski definition) is 2. The SMILES string of the molecule is c1ccc(-c2ccc(N(c3cccc(-c4ccccc4)c3)c3cccc(-c4cccc(-c5nc6ccccc6c6ccccc56)c4)c3)cc2)cc1. The van der Waals surface area contributed by atoms with Crippen molar-refractivity contribution in [3.05, 3.63) is 206 Å². The van der Waals surface area contributed by atoms with Gasteiger partial charge in [0.25, 0.3) is 0 Å². The average molecular weight is 651 g/mol. The van der Waals surface area contributed by atoms with E-state index >= 15 is 0 Å². The molecule has 9 aromatic rings. The van der Waals surface area contributed by atoms with Gasteiger partial charge in [0.05, 0.1) is 11.2 Å². The molecule has 51 heavy (non-hydrogen) atoms. The Kier molecular flexibility index (Phi) is 7.88. The summed E-state index contributed by atoms with van der Waals surface area (Å²) in [5.74, 6) is 0. The second-order valence-electron chi connectivity index (χ2n) is 12.8. The van der Waals surface area contributed by atoms with Gasteiger partial charge in [-0.3, -0.25) is 0 Å². The lowest BCUT2D eigenvalue weighted by atomic mass is 9.97. The van der Waals surface area contributed by atoms with E-state index in [-0.39, 0.29) is 0 Å². The third-order valence-electron chi connectivity index (χ3n) is 9.63. The van der Waals surface area contributed by atoms with Crippen LogP contribution in [-0.2, 0) is 0 Å². The minimum atomic E-state index is 1.00. The van der Waals surface area contributed by atoms with E-state index in [2.05, 4.69) is 211 Å². The molecule has 0 aliphatic carbocycles. The van der Waals surface area contributed by atoms with Crippen LogP contribution in [0.1, 0.15) is 0 Å². The summed E-state index contributed by atoms with van der Waals surface area (Å²) < 4.78 is 0. The second-order valence-corrected chi connectivity index (χ2v) is 12.8. The molecule has 0 radical (unpaired) electrons. The van der Waals surface area contributed by atoms with Crippen LogP contribution in [0, 0.1) is 0 Å². The van der Waals surface area contributed by atoms with Gasteiger partial charge in [0.15, 0.2) is 0 Å². The zero-order valence-electron chi connectivity index (χ0n) is 28.0. The van der Waals surface area contributed by atoms with Crippen molar-refractivity contribution in [1.82, 2.24) is 4.98 Å². The molecule has 1 heterocycles. The Labute approximate surface area is 298 Å². The zero-order chi connectivity index (χ0) is 34.0. The summed E-state index contributed by atoms with van der Waals surface area (Å²) in [6.07, 6.45) is 0. The number of rotatable bonds is 7. The number of fused-ring (bicyclic) bond motifs is 3. The van der Waals surface area contributed by atoms with Crippen molar-refractivity contribution in [3.8, 4) is 44.6 Å². The number of hydrogen-bond donors (Lipinski definition) is 0. The molecule has 0 N–H and O–H groups in total. The topological polar surface area (TPSA) is 16.1 Å². The predicted octanol–water partition coefficient (Wildman–Crippen LogP) is 13.5. The average Bonchev–Trinajstić information content (AvgIpc) is 3.22. The number of anilines is 3. The highest BCUT2D eigenvalue weighted by molar-refractivity contribution is 6.11. The molecule has 0 unspecified atom stereocenters. The molecule has 0 bridgehead atoms. The van der Waals surface area contributed by atoms with Gasteiger partial charge < -0.3 is 4.90 Å². The van der Waals surface area contributed by atoms with Crippen molar-refractivity contribution >= 4 is 38.7 Å². The Hall–Kier alpha value is -6.77. The lowest BCUT2D eigenvalue weighted by Crippen LogP contribution is -2.10. The summed E-state index contributed by atoms with van der Waals surface area (Å²) in [7, 11) is 0. The molecule has 2 nitrogen and oxygen atoms in total. The van der Waals surface area contributed by atoms with Crippen LogP contribution in [0.25, 0.3) is 66.3 Å². The first-order chi connectivity index (χ1) is 25.3. The first kappa shape index (κ1) is 30.3. The molecule has 240 valence electrons. The molecule has 2 heteroatoms. The Balaban J connectivity index is 1.15. The molecular weight excluding hydrogens is 617 g/mol. The van der Waals surface area contributed by atoms with Crippen LogP contribution in [0.3, 0.4) is 0 Å².